The van der Waals surface area contributed by atoms with Crippen LogP contribution < -0.4 is 5.32 Å². The highest BCUT2D eigenvalue weighted by molar-refractivity contribution is 5.99. The van der Waals surface area contributed by atoms with Gasteiger partial charge in [-0.05, 0) is 47.0 Å². The minimum atomic E-state index is -0.711. The van der Waals surface area contributed by atoms with Gasteiger partial charge in [0.25, 0.3) is 5.91 Å². The van der Waals surface area contributed by atoms with E-state index >= 15 is 0 Å². The van der Waals surface area contributed by atoms with Crippen LogP contribution in [0, 0.1) is 0 Å². The number of carbonyl (C=O) groups is 3. The lowest BCUT2D eigenvalue weighted by atomic mass is 10.1. The predicted molar refractivity (Wildman–Crippen MR) is 88.8 cm³/mol. The molecular formula is C17H28N2O5. The molecule has 7 nitrogen and oxygen atoms in total. The zero-order valence-corrected chi connectivity index (χ0v) is 15.1. The molecule has 0 spiro atoms. The lowest BCUT2D eigenvalue weighted by Crippen LogP contribution is -2.49. The van der Waals surface area contributed by atoms with Gasteiger partial charge in [0, 0.05) is 19.6 Å². The minimum absolute atomic E-state index is 0.0825. The van der Waals surface area contributed by atoms with E-state index in [2.05, 4.69) is 5.32 Å². The summed E-state index contributed by atoms with van der Waals surface area (Å²) in [6.07, 6.45) is 2.96. The molecule has 2 unspecified atom stereocenters. The van der Waals surface area contributed by atoms with Crippen molar-refractivity contribution in [2.75, 3.05) is 6.61 Å². The van der Waals surface area contributed by atoms with Crippen LogP contribution in [-0.2, 0) is 19.1 Å². The Hall–Kier alpha value is -1.89. The summed E-state index contributed by atoms with van der Waals surface area (Å²) >= 11 is 0. The van der Waals surface area contributed by atoms with Crippen molar-refractivity contribution < 1.29 is 24.2 Å². The quantitative estimate of drug-likeness (QED) is 0.577. The number of nitrogens with zero attached hydrogens (tertiary/aromatic N) is 1. The summed E-state index contributed by atoms with van der Waals surface area (Å²) < 4.78 is 5.42. The van der Waals surface area contributed by atoms with E-state index in [0.717, 1.165) is 0 Å². The van der Waals surface area contributed by atoms with E-state index in [1.165, 1.54) is 17.9 Å². The number of rotatable bonds is 5. The van der Waals surface area contributed by atoms with E-state index in [4.69, 9.17) is 4.74 Å². The van der Waals surface area contributed by atoms with Crippen molar-refractivity contribution in [1.29, 1.82) is 0 Å². The molecule has 1 aliphatic heterocycles. The highest BCUT2D eigenvalue weighted by Crippen LogP contribution is 2.29. The molecule has 0 aromatic heterocycles. The zero-order valence-electron chi connectivity index (χ0n) is 15.1. The Labute approximate surface area is 143 Å². The van der Waals surface area contributed by atoms with Crippen molar-refractivity contribution in [3.05, 3.63) is 11.8 Å². The molecule has 24 heavy (non-hydrogen) atoms. The van der Waals surface area contributed by atoms with Gasteiger partial charge in [-0.1, -0.05) is 6.08 Å². The lowest BCUT2D eigenvalue weighted by Gasteiger charge is -2.31. The number of allylic oxidation sites excluding steroid dienone is 1. The molecule has 1 aliphatic rings. The second kappa shape index (κ2) is 8.28. The normalized spacial score (nSPS) is 21.6. The van der Waals surface area contributed by atoms with Crippen LogP contribution in [0.3, 0.4) is 0 Å². The standard InChI is InChI=1S/C17H28N2O5/c1-6-13(18-11(2)21)15(22)19-12(9-10-20)7-8-14(19)16(23)24-17(3,4)5/h6,12,14,20H,7-10H2,1-5H3,(H,18,21). The largest absolute Gasteiger partial charge is 0.458 e. The molecule has 0 aliphatic carbocycles. The molecule has 7 heteroatoms. The van der Waals surface area contributed by atoms with Gasteiger partial charge in [-0.2, -0.15) is 0 Å². The Bertz CT molecular complexity index is 522. The summed E-state index contributed by atoms with van der Waals surface area (Å²) in [5.41, 5.74) is -0.525. The summed E-state index contributed by atoms with van der Waals surface area (Å²) in [5.74, 6) is -1.25. The van der Waals surface area contributed by atoms with Gasteiger partial charge < -0.3 is 20.1 Å². The zero-order chi connectivity index (χ0) is 18.5. The predicted octanol–water partition coefficient (Wildman–Crippen LogP) is 1.11. The Kier molecular flexibility index (Phi) is 6.95. The molecule has 0 aromatic carbocycles. The topological polar surface area (TPSA) is 95.9 Å². The Morgan fingerprint density at radius 1 is 1.29 bits per heavy atom. The van der Waals surface area contributed by atoms with Crippen molar-refractivity contribution in [1.82, 2.24) is 10.2 Å². The first-order valence-corrected chi connectivity index (χ1v) is 8.21. The van der Waals surface area contributed by atoms with Crippen LogP contribution in [0.25, 0.3) is 0 Å². The van der Waals surface area contributed by atoms with Crippen LogP contribution >= 0.6 is 0 Å². The number of hydrogen-bond donors (Lipinski definition) is 2. The summed E-state index contributed by atoms with van der Waals surface area (Å²) in [7, 11) is 0. The number of ether oxygens (including phenoxy) is 1. The highest BCUT2D eigenvalue weighted by Gasteiger charge is 2.43. The second-order valence-electron chi connectivity index (χ2n) is 6.89. The van der Waals surface area contributed by atoms with Crippen molar-refractivity contribution in [3.63, 3.8) is 0 Å². The van der Waals surface area contributed by atoms with E-state index in [-0.39, 0.29) is 24.3 Å². The molecule has 0 bridgehead atoms. The van der Waals surface area contributed by atoms with Crippen molar-refractivity contribution in [3.8, 4) is 0 Å². The van der Waals surface area contributed by atoms with Gasteiger partial charge in [0.05, 0.1) is 0 Å². The van der Waals surface area contributed by atoms with Gasteiger partial charge in [-0.15, -0.1) is 0 Å². The summed E-state index contributed by atoms with van der Waals surface area (Å²) in [5, 5.41) is 11.7. The Morgan fingerprint density at radius 2 is 1.92 bits per heavy atom. The van der Waals surface area contributed by atoms with E-state index in [0.29, 0.717) is 19.3 Å². The number of nitrogens with one attached hydrogen (secondary N) is 1. The van der Waals surface area contributed by atoms with Crippen molar-refractivity contribution >= 4 is 17.8 Å². The minimum Gasteiger partial charge on any atom is -0.458 e. The van der Waals surface area contributed by atoms with Gasteiger partial charge in [0.15, 0.2) is 0 Å². The summed E-state index contributed by atoms with van der Waals surface area (Å²) in [6.45, 7) is 8.19. The van der Waals surface area contributed by atoms with Gasteiger partial charge in [-0.3, -0.25) is 9.59 Å². The molecule has 1 saturated heterocycles. The molecule has 136 valence electrons. The van der Waals surface area contributed by atoms with Crippen LogP contribution in [0.4, 0.5) is 0 Å². The van der Waals surface area contributed by atoms with E-state index < -0.39 is 23.5 Å². The number of hydrogen-bond acceptors (Lipinski definition) is 5. The molecule has 1 fully saturated rings. The number of amides is 2. The van der Waals surface area contributed by atoms with Gasteiger partial charge in [0.1, 0.15) is 17.3 Å². The third-order valence-corrected chi connectivity index (χ3v) is 3.71. The van der Waals surface area contributed by atoms with Crippen molar-refractivity contribution in [2.24, 2.45) is 0 Å². The number of esters is 1. The first-order valence-electron chi connectivity index (χ1n) is 8.21. The van der Waals surface area contributed by atoms with Gasteiger partial charge >= 0.3 is 5.97 Å². The molecule has 0 aromatic rings. The maximum Gasteiger partial charge on any atom is 0.329 e. The van der Waals surface area contributed by atoms with E-state index in [9.17, 15) is 19.5 Å². The first-order chi connectivity index (χ1) is 11.1. The van der Waals surface area contributed by atoms with Gasteiger partial charge in [0.2, 0.25) is 5.91 Å². The SMILES string of the molecule is CC=C(NC(C)=O)C(=O)N1C(CCO)CCC1C(=O)OC(C)(C)C. The number of likely N-dealkylation sites (tertiary alicyclic amines) is 1. The van der Waals surface area contributed by atoms with Crippen LogP contribution in [0.15, 0.2) is 11.8 Å². The van der Waals surface area contributed by atoms with E-state index in [1.807, 2.05) is 0 Å². The third kappa shape index (κ3) is 5.33. The highest BCUT2D eigenvalue weighted by atomic mass is 16.6. The smallest absolute Gasteiger partial charge is 0.329 e. The monoisotopic (exact) mass is 340 g/mol. The second-order valence-corrected chi connectivity index (χ2v) is 6.89. The molecule has 2 N–H and O–H groups in total. The number of aliphatic hydroxyl groups is 1. The van der Waals surface area contributed by atoms with Crippen molar-refractivity contribution in [2.45, 2.75) is 71.6 Å². The molecule has 0 saturated carbocycles. The molecule has 2 atom stereocenters. The molecule has 0 radical (unpaired) electrons. The summed E-state index contributed by atoms with van der Waals surface area (Å²) in [6, 6.07) is -0.972. The molecular weight excluding hydrogens is 312 g/mol. The molecule has 1 heterocycles. The Morgan fingerprint density at radius 3 is 2.38 bits per heavy atom. The van der Waals surface area contributed by atoms with Gasteiger partial charge in [-0.25, -0.2) is 4.79 Å². The van der Waals surface area contributed by atoms with Crippen LogP contribution in [-0.4, -0.2) is 52.1 Å². The molecule has 2 amide bonds. The van der Waals surface area contributed by atoms with Crippen LogP contribution in [0.2, 0.25) is 0 Å². The lowest BCUT2D eigenvalue weighted by molar-refractivity contribution is -0.163. The first kappa shape index (κ1) is 20.2. The number of carbonyl (C=O) groups excluding carboxylic acids is 3. The summed E-state index contributed by atoms with van der Waals surface area (Å²) in [4.78, 5) is 38.0. The fourth-order valence-corrected chi connectivity index (χ4v) is 2.80. The average Bonchev–Trinajstić information content (AvgIpc) is 2.86. The maximum absolute atomic E-state index is 12.8. The van der Waals surface area contributed by atoms with Crippen LogP contribution in [0.5, 0.6) is 0 Å². The average molecular weight is 340 g/mol. The fraction of sp³-hybridized carbons (Fsp3) is 0.706. The number of aliphatic hydroxyl groups excluding tert-OH is 1. The fourth-order valence-electron chi connectivity index (χ4n) is 2.80. The van der Waals surface area contributed by atoms with Crippen LogP contribution in [0.1, 0.15) is 53.9 Å². The van der Waals surface area contributed by atoms with E-state index in [1.54, 1.807) is 27.7 Å². The Balaban J connectivity index is 3.06. The third-order valence-electron chi connectivity index (χ3n) is 3.71. The molecule has 1 rings (SSSR count). The maximum atomic E-state index is 12.8.